The van der Waals surface area contributed by atoms with Crippen molar-refractivity contribution in [2.75, 3.05) is 26.4 Å². The van der Waals surface area contributed by atoms with Crippen LogP contribution < -0.4 is 15.9 Å². The van der Waals surface area contributed by atoms with Crippen LogP contribution in [0.15, 0.2) is 121 Å². The molecule has 0 aliphatic rings. The third-order valence-electron chi connectivity index (χ3n) is 5.29. The van der Waals surface area contributed by atoms with Gasteiger partial charge < -0.3 is 20.0 Å². The van der Waals surface area contributed by atoms with Crippen molar-refractivity contribution in [3.63, 3.8) is 0 Å². The van der Waals surface area contributed by atoms with E-state index in [4.69, 9.17) is 9.90 Å². The van der Waals surface area contributed by atoms with Crippen molar-refractivity contribution in [1.29, 1.82) is 0 Å². The SMILES string of the molecule is CCCNCCP(c1ccccc1)c1ccccc1.COC(=O)c1ccccc1.O=C(O)c1ccccc1.[CH-]=O.[Cl][RuH+2]. The predicted octanol–water partition coefficient (Wildman–Crippen LogP) is 6.12. The summed E-state index contributed by atoms with van der Waals surface area (Å²) in [4.78, 5) is 28.7. The van der Waals surface area contributed by atoms with Crippen molar-refractivity contribution < 1.29 is 41.5 Å². The fraction of sp³-hybridized carbons (Fsp3) is 0.182. The Labute approximate surface area is 265 Å². The number of methoxy groups -OCH3 is 1. The molecule has 0 fully saturated rings. The third kappa shape index (κ3) is 16.9. The van der Waals surface area contributed by atoms with Gasteiger partial charge in [0.25, 0.3) is 0 Å². The molecule has 224 valence electrons. The molecule has 0 unspecified atom stereocenters. The summed E-state index contributed by atoms with van der Waals surface area (Å²) >= 11 is 1.62. The topological polar surface area (TPSA) is 92.7 Å². The fourth-order valence-electron chi connectivity index (χ4n) is 3.39. The number of aromatic carboxylic acids is 1. The van der Waals surface area contributed by atoms with Gasteiger partial charge in [0.1, 0.15) is 0 Å². The molecule has 6 nitrogen and oxygen atoms in total. The van der Waals surface area contributed by atoms with Crippen molar-refractivity contribution in [3.8, 4) is 0 Å². The Hall–Kier alpha value is -3.21. The first-order valence-electron chi connectivity index (χ1n) is 12.9. The Morgan fingerprint density at radius 1 is 0.738 bits per heavy atom. The van der Waals surface area contributed by atoms with E-state index in [1.807, 2.05) is 6.07 Å². The molecular weight excluding hydrogens is 658 g/mol. The Morgan fingerprint density at radius 2 is 1.12 bits per heavy atom. The number of benzene rings is 4. The van der Waals surface area contributed by atoms with Gasteiger partial charge >= 0.3 is 38.9 Å². The zero-order valence-electron chi connectivity index (χ0n) is 23.7. The van der Waals surface area contributed by atoms with E-state index in [1.54, 1.807) is 71.9 Å². The molecule has 0 atom stereocenters. The van der Waals surface area contributed by atoms with Gasteiger partial charge in [-0.3, -0.25) is 6.79 Å². The molecule has 0 aliphatic carbocycles. The second kappa shape index (κ2) is 26.7. The Bertz CT molecular complexity index is 1170. The van der Waals surface area contributed by atoms with Crippen LogP contribution in [-0.2, 0) is 26.8 Å². The van der Waals surface area contributed by atoms with Gasteiger partial charge in [-0.25, -0.2) is 9.59 Å². The average Bonchev–Trinajstić information content (AvgIpc) is 3.08. The predicted molar refractivity (Wildman–Crippen MR) is 172 cm³/mol. The van der Waals surface area contributed by atoms with Crippen LogP contribution in [0.25, 0.3) is 0 Å². The van der Waals surface area contributed by atoms with Gasteiger partial charge in [0.2, 0.25) is 0 Å². The van der Waals surface area contributed by atoms with Gasteiger partial charge in [0.15, 0.2) is 0 Å². The first-order chi connectivity index (χ1) is 20.6. The molecule has 4 rings (SSSR count). The first kappa shape index (κ1) is 38.8. The van der Waals surface area contributed by atoms with Crippen molar-refractivity contribution in [2.45, 2.75) is 13.3 Å². The molecule has 4 aromatic carbocycles. The molecule has 0 radical (unpaired) electrons. The number of carbonyl (C=O) groups excluding carboxylic acids is 2. The number of hydrogen-bond acceptors (Lipinski definition) is 5. The summed E-state index contributed by atoms with van der Waals surface area (Å²) in [7, 11) is 5.75. The zero-order valence-corrected chi connectivity index (χ0v) is 27.2. The number of halogens is 1. The van der Waals surface area contributed by atoms with E-state index in [0.29, 0.717) is 11.1 Å². The van der Waals surface area contributed by atoms with E-state index in [0.717, 1.165) is 13.1 Å². The monoisotopic (exact) mass is 696 g/mol. The summed E-state index contributed by atoms with van der Waals surface area (Å²) in [5.41, 5.74) is 0.919. The summed E-state index contributed by atoms with van der Waals surface area (Å²) < 4.78 is 4.50. The van der Waals surface area contributed by atoms with Crippen LogP contribution in [0.5, 0.6) is 0 Å². The van der Waals surface area contributed by atoms with Crippen LogP contribution in [0.2, 0.25) is 0 Å². The van der Waals surface area contributed by atoms with Gasteiger partial charge in [-0.15, -0.1) is 0 Å². The average molecular weight is 696 g/mol. The van der Waals surface area contributed by atoms with E-state index in [1.165, 1.54) is 30.3 Å². The molecular formula is C33H38ClNO5PRu+. The van der Waals surface area contributed by atoms with E-state index in [2.05, 4.69) is 94.1 Å². The molecule has 9 heteroatoms. The normalized spacial score (nSPS) is 9.17. The Kier molecular flexibility index (Phi) is 24.6. The van der Waals surface area contributed by atoms with Gasteiger partial charge in [-0.2, -0.15) is 0 Å². The summed E-state index contributed by atoms with van der Waals surface area (Å²) in [6.45, 7) is 7.68. The summed E-state index contributed by atoms with van der Waals surface area (Å²) in [5.74, 6) is -1.17. The van der Waals surface area contributed by atoms with Crippen LogP contribution in [0, 0.1) is 0 Å². The van der Waals surface area contributed by atoms with E-state index in [9.17, 15) is 9.59 Å². The first-order valence-corrected chi connectivity index (χ1v) is 16.9. The van der Waals surface area contributed by atoms with E-state index in [-0.39, 0.29) is 13.9 Å². The maximum atomic E-state index is 10.8. The van der Waals surface area contributed by atoms with Crippen molar-refractivity contribution in [2.24, 2.45) is 0 Å². The van der Waals surface area contributed by atoms with Crippen LogP contribution in [0.3, 0.4) is 0 Å². The van der Waals surface area contributed by atoms with Gasteiger partial charge in [-0.1, -0.05) is 104 Å². The number of carbonyl (C=O) groups is 2. The van der Waals surface area contributed by atoms with Crippen LogP contribution in [-0.4, -0.2) is 50.2 Å². The van der Waals surface area contributed by atoms with Crippen LogP contribution >= 0.6 is 17.6 Å². The number of ether oxygens (including phenoxy) is 1. The van der Waals surface area contributed by atoms with Crippen LogP contribution in [0.1, 0.15) is 34.1 Å². The number of carboxylic acids is 1. The van der Waals surface area contributed by atoms with Crippen LogP contribution in [0.4, 0.5) is 0 Å². The van der Waals surface area contributed by atoms with Crippen molar-refractivity contribution in [3.05, 3.63) is 132 Å². The number of nitrogens with one attached hydrogen (secondary N) is 1. The van der Waals surface area contributed by atoms with Gasteiger partial charge in [-0.05, 0) is 68.5 Å². The Balaban J connectivity index is 0.000000617. The fourth-order valence-corrected chi connectivity index (χ4v) is 5.65. The molecule has 0 spiro atoms. The molecule has 0 amide bonds. The molecule has 0 aromatic heterocycles. The number of rotatable bonds is 9. The number of carboxylic acid groups (broad SMARTS) is 1. The minimum absolute atomic E-state index is 0.230. The molecule has 0 bridgehead atoms. The van der Waals surface area contributed by atoms with Crippen molar-refractivity contribution in [1.82, 2.24) is 5.32 Å². The second-order valence-corrected chi connectivity index (χ2v) is 10.4. The van der Waals surface area contributed by atoms with E-state index >= 15 is 0 Å². The van der Waals surface area contributed by atoms with Gasteiger partial charge in [0.05, 0.1) is 18.2 Å². The molecule has 42 heavy (non-hydrogen) atoms. The van der Waals surface area contributed by atoms with E-state index < -0.39 is 5.97 Å². The standard InChI is InChI=1S/C17H22NP.C8H8O2.C7H6O2.CHO.ClH.Ru.H/c1-2-13-18-14-15-19(16-9-5-3-6-10-16)17-11-7-4-8-12-17;1-10-8(9)7-5-3-2-4-6-7;8-7(9)6-4-2-1-3-5-6;1-2;;;/h3-12,18H,2,13-15H2,1H3;2-6H,1H3;1-5H,(H,8,9);1H;1H;;/q;;;-1;;+3;/p-1. The maximum absolute atomic E-state index is 10.8. The number of esters is 1. The molecule has 0 saturated carbocycles. The summed E-state index contributed by atoms with van der Waals surface area (Å²) in [6, 6.07) is 39.0. The molecule has 4 aromatic rings. The summed E-state index contributed by atoms with van der Waals surface area (Å²) in [6.07, 6.45) is 2.41. The molecule has 0 heterocycles. The minimum atomic E-state index is -0.879. The zero-order chi connectivity index (χ0) is 31.4. The quantitative estimate of drug-likeness (QED) is 0.0548. The molecule has 2 N–H and O–H groups in total. The second-order valence-electron chi connectivity index (χ2n) is 8.10. The Morgan fingerprint density at radius 3 is 1.45 bits per heavy atom. The number of hydrogen-bond donors (Lipinski definition) is 2. The van der Waals surface area contributed by atoms with Gasteiger partial charge in [0, 0.05) is 0 Å². The molecule has 0 saturated heterocycles. The van der Waals surface area contributed by atoms with Crippen molar-refractivity contribution >= 4 is 46.9 Å². The molecule has 0 aliphatic heterocycles. The summed E-state index contributed by atoms with van der Waals surface area (Å²) in [5, 5.41) is 14.9. The third-order valence-corrected chi connectivity index (χ3v) is 7.80.